The molecule has 25 heavy (non-hydrogen) atoms. The summed E-state index contributed by atoms with van der Waals surface area (Å²) in [5.41, 5.74) is 1.22. The van der Waals surface area contributed by atoms with Crippen molar-refractivity contribution < 1.29 is 4.79 Å². The largest absolute Gasteiger partial charge is 0.335 e. The Hall–Kier alpha value is -2.21. The summed E-state index contributed by atoms with van der Waals surface area (Å²) in [5, 5.41) is 0. The van der Waals surface area contributed by atoms with Crippen molar-refractivity contribution in [3.05, 3.63) is 48.3 Å². The number of carbonyl (C=O) groups is 1. The van der Waals surface area contributed by atoms with Crippen molar-refractivity contribution >= 4 is 5.91 Å². The molecule has 2 aliphatic rings. The van der Waals surface area contributed by atoms with Crippen molar-refractivity contribution in [1.82, 2.24) is 24.3 Å². The van der Waals surface area contributed by atoms with E-state index >= 15 is 0 Å². The topological polar surface area (TPSA) is 54.3 Å². The van der Waals surface area contributed by atoms with Gasteiger partial charge in [-0.2, -0.15) is 0 Å². The highest BCUT2D eigenvalue weighted by molar-refractivity contribution is 5.81. The number of fused-ring (bicyclic) bond motifs is 1. The maximum Gasteiger partial charge on any atom is 0.226 e. The monoisotopic (exact) mass is 339 g/mol. The Morgan fingerprint density at radius 1 is 1.32 bits per heavy atom. The molecule has 0 spiro atoms. The Labute approximate surface area is 148 Å². The van der Waals surface area contributed by atoms with Gasteiger partial charge in [0.15, 0.2) is 0 Å². The standard InChI is InChI=1S/C19H25N5O/c1-22(10-15-3-2-6-20-9-15)11-16-12-23-8-7-21-18(23)14-24(13-16)19(25)17-4-5-17/h2-3,6-9,16-17H,4-5,10-14H2,1H3/t16-/m1/s1. The predicted octanol–water partition coefficient (Wildman–Crippen LogP) is 1.78. The Balaban J connectivity index is 1.45. The molecule has 0 unspecified atom stereocenters. The van der Waals surface area contributed by atoms with E-state index < -0.39 is 0 Å². The third-order valence-electron chi connectivity index (χ3n) is 5.05. The van der Waals surface area contributed by atoms with Gasteiger partial charge in [-0.05, 0) is 31.5 Å². The number of hydrogen-bond donors (Lipinski definition) is 0. The van der Waals surface area contributed by atoms with Crippen LogP contribution in [0.5, 0.6) is 0 Å². The highest BCUT2D eigenvalue weighted by Gasteiger charge is 2.36. The maximum absolute atomic E-state index is 12.6. The average Bonchev–Trinajstić information content (AvgIpc) is 3.39. The first kappa shape index (κ1) is 16.3. The Bertz CT molecular complexity index is 724. The molecule has 1 saturated carbocycles. The highest BCUT2D eigenvalue weighted by atomic mass is 16.2. The lowest BCUT2D eigenvalue weighted by Crippen LogP contribution is -2.38. The van der Waals surface area contributed by atoms with E-state index in [1.807, 2.05) is 29.6 Å². The number of imidazole rings is 1. The molecule has 1 atom stereocenters. The minimum absolute atomic E-state index is 0.260. The molecule has 0 saturated heterocycles. The second kappa shape index (κ2) is 6.96. The third-order valence-corrected chi connectivity index (χ3v) is 5.05. The second-order valence-electron chi connectivity index (χ2n) is 7.41. The lowest BCUT2D eigenvalue weighted by Gasteiger charge is -2.27. The fourth-order valence-corrected chi connectivity index (χ4v) is 3.72. The van der Waals surface area contributed by atoms with Crippen molar-refractivity contribution in [2.45, 2.75) is 32.5 Å². The van der Waals surface area contributed by atoms with Crippen LogP contribution in [0.2, 0.25) is 0 Å². The molecule has 6 heteroatoms. The summed E-state index contributed by atoms with van der Waals surface area (Å²) in [6.07, 6.45) is 9.70. The van der Waals surface area contributed by atoms with Crippen molar-refractivity contribution in [3.63, 3.8) is 0 Å². The summed E-state index contributed by atoms with van der Waals surface area (Å²) in [4.78, 5) is 25.6. The molecular formula is C19H25N5O. The highest BCUT2D eigenvalue weighted by Crippen LogP contribution is 2.32. The summed E-state index contributed by atoms with van der Waals surface area (Å²) in [6.45, 7) is 4.20. The maximum atomic E-state index is 12.6. The second-order valence-corrected chi connectivity index (χ2v) is 7.41. The summed E-state index contributed by atoms with van der Waals surface area (Å²) >= 11 is 0. The van der Waals surface area contributed by atoms with Gasteiger partial charge in [0, 0.05) is 62.8 Å². The molecule has 1 fully saturated rings. The van der Waals surface area contributed by atoms with E-state index in [0.29, 0.717) is 18.4 Å². The van der Waals surface area contributed by atoms with Gasteiger partial charge in [0.25, 0.3) is 0 Å². The molecule has 1 aliphatic heterocycles. The summed E-state index contributed by atoms with van der Waals surface area (Å²) in [6, 6.07) is 4.08. The minimum Gasteiger partial charge on any atom is -0.335 e. The molecule has 0 N–H and O–H groups in total. The van der Waals surface area contributed by atoms with Crippen LogP contribution in [0.3, 0.4) is 0 Å². The minimum atomic E-state index is 0.260. The first-order chi connectivity index (χ1) is 12.2. The van der Waals surface area contributed by atoms with Crippen LogP contribution < -0.4 is 0 Å². The van der Waals surface area contributed by atoms with Crippen molar-refractivity contribution in [1.29, 1.82) is 0 Å². The average molecular weight is 339 g/mol. The van der Waals surface area contributed by atoms with Crippen LogP contribution in [0.1, 0.15) is 24.2 Å². The van der Waals surface area contributed by atoms with Crippen molar-refractivity contribution in [2.24, 2.45) is 11.8 Å². The van der Waals surface area contributed by atoms with E-state index in [2.05, 4.69) is 32.5 Å². The molecule has 3 heterocycles. The number of rotatable bonds is 5. The first-order valence-electron chi connectivity index (χ1n) is 9.05. The number of hydrogen-bond acceptors (Lipinski definition) is 4. The van der Waals surface area contributed by atoms with Crippen molar-refractivity contribution in [3.8, 4) is 0 Å². The van der Waals surface area contributed by atoms with Gasteiger partial charge in [0.1, 0.15) is 5.82 Å². The van der Waals surface area contributed by atoms with Crippen LogP contribution >= 0.6 is 0 Å². The molecule has 6 nitrogen and oxygen atoms in total. The van der Waals surface area contributed by atoms with Crippen LogP contribution in [-0.4, -0.2) is 50.4 Å². The van der Waals surface area contributed by atoms with Crippen molar-refractivity contribution in [2.75, 3.05) is 20.1 Å². The number of nitrogens with zero attached hydrogens (tertiary/aromatic N) is 5. The van der Waals surface area contributed by atoms with E-state index in [0.717, 1.165) is 44.8 Å². The smallest absolute Gasteiger partial charge is 0.226 e. The quantitative estimate of drug-likeness (QED) is 0.833. The predicted molar refractivity (Wildman–Crippen MR) is 94.4 cm³/mol. The lowest BCUT2D eigenvalue weighted by atomic mass is 10.1. The normalized spacial score (nSPS) is 20.4. The lowest BCUT2D eigenvalue weighted by molar-refractivity contribution is -0.133. The molecule has 0 radical (unpaired) electrons. The fraction of sp³-hybridized carbons (Fsp3) is 0.526. The zero-order valence-corrected chi connectivity index (χ0v) is 14.7. The molecule has 2 aromatic rings. The number of amides is 1. The SMILES string of the molecule is CN(Cc1cccnc1)C[C@H]1CN(C(=O)C2CC2)Cc2nccn2C1. The summed E-state index contributed by atoms with van der Waals surface area (Å²) < 4.78 is 2.21. The van der Waals surface area contributed by atoms with E-state index in [1.165, 1.54) is 5.56 Å². The summed E-state index contributed by atoms with van der Waals surface area (Å²) in [7, 11) is 2.14. The van der Waals surface area contributed by atoms with E-state index in [-0.39, 0.29) is 5.92 Å². The first-order valence-corrected chi connectivity index (χ1v) is 9.05. The van der Waals surface area contributed by atoms with Crippen LogP contribution in [0.4, 0.5) is 0 Å². The van der Waals surface area contributed by atoms with E-state index in [1.54, 1.807) is 6.20 Å². The van der Waals surface area contributed by atoms with Gasteiger partial charge in [-0.15, -0.1) is 0 Å². The van der Waals surface area contributed by atoms with Gasteiger partial charge in [0.2, 0.25) is 5.91 Å². The molecule has 132 valence electrons. The molecule has 2 aromatic heterocycles. The third kappa shape index (κ3) is 3.90. The van der Waals surface area contributed by atoms with Crippen LogP contribution in [0.15, 0.2) is 36.9 Å². The Morgan fingerprint density at radius 3 is 2.96 bits per heavy atom. The van der Waals surface area contributed by atoms with E-state index in [4.69, 9.17) is 0 Å². The number of aromatic nitrogens is 3. The molecule has 0 aromatic carbocycles. The van der Waals surface area contributed by atoms with Gasteiger partial charge in [0.05, 0.1) is 6.54 Å². The number of carbonyl (C=O) groups excluding carboxylic acids is 1. The van der Waals surface area contributed by atoms with Gasteiger partial charge in [-0.25, -0.2) is 4.98 Å². The Kier molecular flexibility index (Phi) is 4.53. The van der Waals surface area contributed by atoms with E-state index in [9.17, 15) is 4.79 Å². The molecule has 1 aliphatic carbocycles. The molecule has 0 bridgehead atoms. The summed E-state index contributed by atoms with van der Waals surface area (Å²) in [5.74, 6) is 1.98. The van der Waals surface area contributed by atoms with Crippen LogP contribution in [0, 0.1) is 11.8 Å². The zero-order chi connectivity index (χ0) is 17.2. The van der Waals surface area contributed by atoms with Gasteiger partial charge in [-0.3, -0.25) is 9.78 Å². The van der Waals surface area contributed by atoms with Crippen LogP contribution in [0.25, 0.3) is 0 Å². The molecule has 1 amide bonds. The van der Waals surface area contributed by atoms with Gasteiger partial charge in [-0.1, -0.05) is 6.07 Å². The molecular weight excluding hydrogens is 314 g/mol. The zero-order valence-electron chi connectivity index (χ0n) is 14.7. The van der Waals surface area contributed by atoms with Gasteiger partial charge < -0.3 is 14.4 Å². The molecule has 4 rings (SSSR count). The van der Waals surface area contributed by atoms with Crippen LogP contribution in [-0.2, 0) is 24.4 Å². The van der Waals surface area contributed by atoms with Gasteiger partial charge >= 0.3 is 0 Å². The Morgan fingerprint density at radius 2 is 2.20 bits per heavy atom. The number of pyridine rings is 1. The fourth-order valence-electron chi connectivity index (χ4n) is 3.72.